The van der Waals surface area contributed by atoms with Gasteiger partial charge in [0, 0.05) is 18.7 Å². The molecule has 0 aliphatic carbocycles. The van der Waals surface area contributed by atoms with E-state index in [0.29, 0.717) is 19.4 Å². The zero-order valence-corrected chi connectivity index (χ0v) is 12.7. The standard InChI is InChI=1S/C16H12ClFN2O3/c17-13-9-11(20(22)23)6-7-12(13)16(21)19-8-2-4-10-3-1-5-14(18)15(10)19/h1,3,5-7,9H,2,4,8H2. The first-order valence-electron chi connectivity index (χ1n) is 7.02. The molecule has 0 atom stereocenters. The summed E-state index contributed by atoms with van der Waals surface area (Å²) in [4.78, 5) is 24.2. The van der Waals surface area contributed by atoms with Crippen LogP contribution in [-0.4, -0.2) is 17.4 Å². The summed E-state index contributed by atoms with van der Waals surface area (Å²) in [5.41, 5.74) is 0.950. The molecule has 23 heavy (non-hydrogen) atoms. The van der Waals surface area contributed by atoms with Crippen LogP contribution in [0.3, 0.4) is 0 Å². The number of nitro groups is 1. The minimum Gasteiger partial charge on any atom is -0.305 e. The Hall–Kier alpha value is -2.47. The number of nitro benzene ring substituents is 1. The molecule has 0 aromatic heterocycles. The van der Waals surface area contributed by atoms with Gasteiger partial charge in [0.2, 0.25) is 0 Å². The van der Waals surface area contributed by atoms with E-state index in [9.17, 15) is 19.3 Å². The minimum absolute atomic E-state index is 0.0207. The summed E-state index contributed by atoms with van der Waals surface area (Å²) in [7, 11) is 0. The zero-order chi connectivity index (χ0) is 16.6. The van der Waals surface area contributed by atoms with Crippen LogP contribution in [0.25, 0.3) is 0 Å². The van der Waals surface area contributed by atoms with Gasteiger partial charge in [-0.2, -0.15) is 0 Å². The largest absolute Gasteiger partial charge is 0.305 e. The lowest BCUT2D eigenvalue weighted by Gasteiger charge is -2.30. The highest BCUT2D eigenvalue weighted by atomic mass is 35.5. The fourth-order valence-electron chi connectivity index (χ4n) is 2.74. The van der Waals surface area contributed by atoms with Crippen LogP contribution in [-0.2, 0) is 6.42 Å². The van der Waals surface area contributed by atoms with Crippen molar-refractivity contribution in [1.29, 1.82) is 0 Å². The van der Waals surface area contributed by atoms with Crippen molar-refractivity contribution in [2.45, 2.75) is 12.8 Å². The smallest absolute Gasteiger partial charge is 0.270 e. The number of para-hydroxylation sites is 1. The Balaban J connectivity index is 2.01. The molecule has 1 heterocycles. The third kappa shape index (κ3) is 2.77. The predicted molar refractivity (Wildman–Crippen MR) is 84.5 cm³/mol. The first kappa shape index (κ1) is 15.4. The van der Waals surface area contributed by atoms with Crippen molar-refractivity contribution in [3.63, 3.8) is 0 Å². The lowest BCUT2D eigenvalue weighted by molar-refractivity contribution is -0.384. The molecule has 0 unspecified atom stereocenters. The monoisotopic (exact) mass is 334 g/mol. The number of nitrogens with zero attached hydrogens (tertiary/aromatic N) is 2. The molecule has 1 amide bonds. The highest BCUT2D eigenvalue weighted by Gasteiger charge is 2.28. The molecule has 5 nitrogen and oxygen atoms in total. The topological polar surface area (TPSA) is 63.4 Å². The number of fused-ring (bicyclic) bond motifs is 1. The van der Waals surface area contributed by atoms with E-state index in [0.717, 1.165) is 11.6 Å². The second kappa shape index (κ2) is 5.96. The maximum Gasteiger partial charge on any atom is 0.270 e. The molecule has 0 radical (unpaired) electrons. The number of aryl methyl sites for hydroxylation is 1. The van der Waals surface area contributed by atoms with Crippen LogP contribution in [0, 0.1) is 15.9 Å². The van der Waals surface area contributed by atoms with E-state index >= 15 is 0 Å². The maximum atomic E-state index is 14.2. The van der Waals surface area contributed by atoms with Crippen molar-refractivity contribution in [3.05, 3.63) is 68.5 Å². The van der Waals surface area contributed by atoms with Gasteiger partial charge in [-0.25, -0.2) is 4.39 Å². The highest BCUT2D eigenvalue weighted by Crippen LogP contribution is 2.32. The first-order valence-corrected chi connectivity index (χ1v) is 7.40. The van der Waals surface area contributed by atoms with Gasteiger partial charge in [0.1, 0.15) is 5.82 Å². The van der Waals surface area contributed by atoms with Gasteiger partial charge in [0.15, 0.2) is 0 Å². The summed E-state index contributed by atoms with van der Waals surface area (Å²) in [5.74, 6) is -0.926. The van der Waals surface area contributed by atoms with Gasteiger partial charge < -0.3 is 4.90 Å². The number of anilines is 1. The maximum absolute atomic E-state index is 14.2. The Kier molecular flexibility index (Phi) is 4.00. The van der Waals surface area contributed by atoms with Crippen molar-refractivity contribution in [2.24, 2.45) is 0 Å². The predicted octanol–water partition coefficient (Wildman–Crippen LogP) is 3.98. The number of rotatable bonds is 2. The Labute approximate surface area is 136 Å². The van der Waals surface area contributed by atoms with Crippen LogP contribution in [0.4, 0.5) is 15.8 Å². The second-order valence-electron chi connectivity index (χ2n) is 5.23. The number of carbonyl (C=O) groups is 1. The molecule has 0 N–H and O–H groups in total. The van der Waals surface area contributed by atoms with E-state index in [-0.39, 0.29) is 22.0 Å². The van der Waals surface area contributed by atoms with E-state index in [1.54, 1.807) is 12.1 Å². The highest BCUT2D eigenvalue weighted by molar-refractivity contribution is 6.34. The first-order chi connectivity index (χ1) is 11.0. The number of amides is 1. The van der Waals surface area contributed by atoms with E-state index in [2.05, 4.69) is 0 Å². The quantitative estimate of drug-likeness (QED) is 0.616. The molecule has 2 aromatic carbocycles. The van der Waals surface area contributed by atoms with E-state index in [1.165, 1.54) is 23.1 Å². The minimum atomic E-state index is -0.587. The summed E-state index contributed by atoms with van der Waals surface area (Å²) in [5, 5.41) is 10.7. The summed E-state index contributed by atoms with van der Waals surface area (Å²) in [6.45, 7) is 0.375. The summed E-state index contributed by atoms with van der Waals surface area (Å²) in [6.07, 6.45) is 1.41. The lowest BCUT2D eigenvalue weighted by atomic mass is 10.0. The molecule has 7 heteroatoms. The summed E-state index contributed by atoms with van der Waals surface area (Å²) < 4.78 is 14.2. The van der Waals surface area contributed by atoms with Crippen LogP contribution in [0.5, 0.6) is 0 Å². The summed E-state index contributed by atoms with van der Waals surface area (Å²) >= 11 is 6.01. The SMILES string of the molecule is O=C(c1ccc([N+](=O)[O-])cc1Cl)N1CCCc2cccc(F)c21. The zero-order valence-electron chi connectivity index (χ0n) is 12.0. The van der Waals surface area contributed by atoms with Gasteiger partial charge in [-0.1, -0.05) is 23.7 Å². The molecule has 2 aromatic rings. The molecule has 3 rings (SSSR count). The Morgan fingerprint density at radius 2 is 2.09 bits per heavy atom. The van der Waals surface area contributed by atoms with Crippen molar-refractivity contribution in [3.8, 4) is 0 Å². The van der Waals surface area contributed by atoms with Crippen molar-refractivity contribution in [1.82, 2.24) is 0 Å². The molecule has 1 aliphatic heterocycles. The average Bonchev–Trinajstić information content (AvgIpc) is 2.54. The summed E-state index contributed by atoms with van der Waals surface area (Å²) in [6, 6.07) is 8.35. The fourth-order valence-corrected chi connectivity index (χ4v) is 3.00. The average molecular weight is 335 g/mol. The third-order valence-corrected chi connectivity index (χ3v) is 4.12. The number of hydrogen-bond acceptors (Lipinski definition) is 3. The van der Waals surface area contributed by atoms with E-state index < -0.39 is 16.6 Å². The normalized spacial score (nSPS) is 13.6. The van der Waals surface area contributed by atoms with Gasteiger partial charge in [-0.3, -0.25) is 14.9 Å². The van der Waals surface area contributed by atoms with Gasteiger partial charge in [0.05, 0.1) is 21.2 Å². The van der Waals surface area contributed by atoms with Gasteiger partial charge in [-0.15, -0.1) is 0 Å². The molecule has 0 saturated heterocycles. The fraction of sp³-hybridized carbons (Fsp3) is 0.188. The molecule has 0 fully saturated rings. The Morgan fingerprint density at radius 1 is 1.30 bits per heavy atom. The van der Waals surface area contributed by atoms with Crippen LogP contribution in [0.15, 0.2) is 36.4 Å². The van der Waals surface area contributed by atoms with Gasteiger partial charge in [0.25, 0.3) is 11.6 Å². The number of hydrogen-bond donors (Lipinski definition) is 0. The van der Waals surface area contributed by atoms with Crippen molar-refractivity contribution in [2.75, 3.05) is 11.4 Å². The number of carbonyl (C=O) groups excluding carboxylic acids is 1. The van der Waals surface area contributed by atoms with Crippen molar-refractivity contribution >= 4 is 28.9 Å². The van der Waals surface area contributed by atoms with Crippen LogP contribution < -0.4 is 4.90 Å². The number of non-ortho nitro benzene ring substituents is 1. The van der Waals surface area contributed by atoms with Crippen LogP contribution >= 0.6 is 11.6 Å². The molecule has 118 valence electrons. The van der Waals surface area contributed by atoms with Gasteiger partial charge in [-0.05, 0) is 30.5 Å². The molecule has 1 aliphatic rings. The lowest BCUT2D eigenvalue weighted by Crippen LogP contribution is -2.36. The Morgan fingerprint density at radius 3 is 2.78 bits per heavy atom. The Bertz CT molecular complexity index is 810. The van der Waals surface area contributed by atoms with E-state index in [1.807, 2.05) is 0 Å². The molecule has 0 bridgehead atoms. The molecular formula is C16H12ClFN2O3. The number of halogens is 2. The van der Waals surface area contributed by atoms with E-state index in [4.69, 9.17) is 11.6 Å². The van der Waals surface area contributed by atoms with Crippen LogP contribution in [0.2, 0.25) is 5.02 Å². The molecule has 0 spiro atoms. The van der Waals surface area contributed by atoms with Crippen LogP contribution in [0.1, 0.15) is 22.3 Å². The second-order valence-corrected chi connectivity index (χ2v) is 5.64. The number of benzene rings is 2. The third-order valence-electron chi connectivity index (χ3n) is 3.81. The van der Waals surface area contributed by atoms with Gasteiger partial charge >= 0.3 is 0 Å². The molecule has 0 saturated carbocycles. The molecular weight excluding hydrogens is 323 g/mol. The van der Waals surface area contributed by atoms with Crippen molar-refractivity contribution < 1.29 is 14.1 Å².